The lowest BCUT2D eigenvalue weighted by Crippen LogP contribution is -1.93. The fourth-order valence-corrected chi connectivity index (χ4v) is 0.673. The van der Waals surface area contributed by atoms with Gasteiger partial charge in [-0.15, -0.1) is 0 Å². The molecule has 2 heteroatoms. The first-order valence-electron chi connectivity index (χ1n) is 2.75. The molecule has 0 spiro atoms. The largest absolute Gasteiger partial charge is 0.411 e. The molecule has 1 aliphatic rings. The van der Waals surface area contributed by atoms with E-state index < -0.39 is 0 Å². The molecule has 0 saturated heterocycles. The van der Waals surface area contributed by atoms with Crippen LogP contribution in [0.15, 0.2) is 29.0 Å². The number of oxime groups is 1. The summed E-state index contributed by atoms with van der Waals surface area (Å²) in [6.07, 6.45) is 7.61. The predicted molar refractivity (Wildman–Crippen MR) is 36.4 cm³/mol. The van der Waals surface area contributed by atoms with Gasteiger partial charge in [0, 0.05) is 6.42 Å². The molecule has 1 rings (SSSR count). The van der Waals surface area contributed by atoms with E-state index in [1.165, 1.54) is 0 Å². The maximum Gasteiger partial charge on any atom is 0.0803 e. The summed E-state index contributed by atoms with van der Waals surface area (Å²) >= 11 is 0. The molecule has 0 aromatic rings. The van der Waals surface area contributed by atoms with Crippen LogP contribution in [-0.2, 0) is 0 Å². The Morgan fingerprint density at radius 3 is 2.78 bits per heavy atom. The van der Waals surface area contributed by atoms with E-state index in [4.69, 9.17) is 5.21 Å². The second-order valence-corrected chi connectivity index (χ2v) is 1.86. The number of nitrogens with zero attached hydrogens (tertiary/aromatic N) is 1. The van der Waals surface area contributed by atoms with Crippen molar-refractivity contribution >= 4 is 5.71 Å². The Balaban J connectivity index is 2.66. The summed E-state index contributed by atoms with van der Waals surface area (Å²) in [4.78, 5) is 0. The molecular weight excluding hydrogens is 114 g/mol. The standard InChI is InChI=1S/C7H8NO/c1-6(8-9)7-4-2-3-5-7/h2-5,9H,1H3/b8-6+. The van der Waals surface area contributed by atoms with E-state index in [0.717, 1.165) is 5.57 Å². The Kier molecular flexibility index (Phi) is 1.68. The molecule has 0 aromatic carbocycles. The van der Waals surface area contributed by atoms with Crippen LogP contribution in [0.3, 0.4) is 0 Å². The lowest BCUT2D eigenvalue weighted by Gasteiger charge is -1.93. The van der Waals surface area contributed by atoms with Crippen LogP contribution in [0.5, 0.6) is 0 Å². The van der Waals surface area contributed by atoms with Gasteiger partial charge in [-0.3, -0.25) is 0 Å². The van der Waals surface area contributed by atoms with Crippen molar-refractivity contribution in [1.82, 2.24) is 0 Å². The highest BCUT2D eigenvalue weighted by atomic mass is 16.4. The zero-order valence-electron chi connectivity index (χ0n) is 5.20. The van der Waals surface area contributed by atoms with E-state index in [-0.39, 0.29) is 0 Å². The van der Waals surface area contributed by atoms with Gasteiger partial charge in [0.05, 0.1) is 5.71 Å². The van der Waals surface area contributed by atoms with Crippen LogP contribution >= 0.6 is 0 Å². The third-order valence-corrected chi connectivity index (χ3v) is 1.23. The predicted octanol–water partition coefficient (Wildman–Crippen LogP) is 1.54. The molecule has 1 aliphatic carbocycles. The van der Waals surface area contributed by atoms with Crippen molar-refractivity contribution in [3.05, 3.63) is 30.2 Å². The van der Waals surface area contributed by atoms with E-state index in [0.29, 0.717) is 5.71 Å². The Labute approximate surface area is 54.2 Å². The van der Waals surface area contributed by atoms with Gasteiger partial charge in [-0.1, -0.05) is 23.4 Å². The second-order valence-electron chi connectivity index (χ2n) is 1.86. The van der Waals surface area contributed by atoms with Crippen LogP contribution in [-0.4, -0.2) is 10.9 Å². The highest BCUT2D eigenvalue weighted by Gasteiger charge is 2.02. The lowest BCUT2D eigenvalue weighted by atomic mass is 10.1. The number of rotatable bonds is 1. The van der Waals surface area contributed by atoms with Crippen molar-refractivity contribution < 1.29 is 5.21 Å². The third-order valence-electron chi connectivity index (χ3n) is 1.23. The molecular formula is C7H8NO. The number of hydrogen-bond donors (Lipinski definition) is 1. The monoisotopic (exact) mass is 122 g/mol. The first-order valence-corrected chi connectivity index (χ1v) is 2.75. The quantitative estimate of drug-likeness (QED) is 0.319. The van der Waals surface area contributed by atoms with E-state index in [1.807, 2.05) is 24.6 Å². The highest BCUT2D eigenvalue weighted by molar-refractivity contribution is 6.01. The molecule has 9 heavy (non-hydrogen) atoms. The minimum absolute atomic E-state index is 0.653. The first-order chi connectivity index (χ1) is 4.34. The van der Waals surface area contributed by atoms with Gasteiger partial charge in [-0.2, -0.15) is 0 Å². The summed E-state index contributed by atoms with van der Waals surface area (Å²) in [6, 6.07) is 0. The first kappa shape index (κ1) is 6.08. The summed E-state index contributed by atoms with van der Waals surface area (Å²) < 4.78 is 0. The SMILES string of the molecule is C/C(=N\O)C1=CC=C[CH]1. The molecule has 1 N–H and O–H groups in total. The van der Waals surface area contributed by atoms with E-state index in [2.05, 4.69) is 5.16 Å². The van der Waals surface area contributed by atoms with Crippen LogP contribution in [0.4, 0.5) is 0 Å². The van der Waals surface area contributed by atoms with Gasteiger partial charge in [0.15, 0.2) is 0 Å². The van der Waals surface area contributed by atoms with Gasteiger partial charge in [-0.25, -0.2) is 0 Å². The summed E-state index contributed by atoms with van der Waals surface area (Å²) in [6.45, 7) is 1.76. The molecule has 47 valence electrons. The van der Waals surface area contributed by atoms with Crippen molar-refractivity contribution in [1.29, 1.82) is 0 Å². The van der Waals surface area contributed by atoms with Crippen molar-refractivity contribution in [3.63, 3.8) is 0 Å². The van der Waals surface area contributed by atoms with Crippen molar-refractivity contribution in [2.75, 3.05) is 0 Å². The average Bonchev–Trinajstić information content (AvgIpc) is 2.37. The van der Waals surface area contributed by atoms with Gasteiger partial charge in [0.2, 0.25) is 0 Å². The van der Waals surface area contributed by atoms with E-state index >= 15 is 0 Å². The number of allylic oxidation sites excluding steroid dienone is 4. The van der Waals surface area contributed by atoms with Gasteiger partial charge in [0.25, 0.3) is 0 Å². The molecule has 0 amide bonds. The smallest absolute Gasteiger partial charge is 0.0803 e. The van der Waals surface area contributed by atoms with E-state index in [9.17, 15) is 0 Å². The van der Waals surface area contributed by atoms with Gasteiger partial charge in [-0.05, 0) is 12.5 Å². The van der Waals surface area contributed by atoms with Crippen molar-refractivity contribution in [2.24, 2.45) is 5.16 Å². The Morgan fingerprint density at radius 1 is 1.56 bits per heavy atom. The molecule has 0 aliphatic heterocycles. The molecule has 0 unspecified atom stereocenters. The third kappa shape index (κ3) is 1.19. The van der Waals surface area contributed by atoms with Crippen molar-refractivity contribution in [2.45, 2.75) is 6.92 Å². The molecule has 0 saturated carbocycles. The maximum atomic E-state index is 8.29. The Hall–Kier alpha value is -1.05. The molecule has 2 nitrogen and oxygen atoms in total. The fourth-order valence-electron chi connectivity index (χ4n) is 0.673. The second kappa shape index (κ2) is 2.49. The fraction of sp³-hybridized carbons (Fsp3) is 0.143. The van der Waals surface area contributed by atoms with E-state index in [1.54, 1.807) is 6.92 Å². The Bertz CT molecular complexity index is 189. The maximum absolute atomic E-state index is 8.29. The summed E-state index contributed by atoms with van der Waals surface area (Å²) in [5, 5.41) is 11.3. The van der Waals surface area contributed by atoms with Crippen LogP contribution < -0.4 is 0 Å². The van der Waals surface area contributed by atoms with Crippen molar-refractivity contribution in [3.8, 4) is 0 Å². The highest BCUT2D eigenvalue weighted by Crippen LogP contribution is 2.09. The minimum atomic E-state index is 0.653. The topological polar surface area (TPSA) is 32.6 Å². The summed E-state index contributed by atoms with van der Waals surface area (Å²) in [5.41, 5.74) is 1.62. The molecule has 0 atom stereocenters. The van der Waals surface area contributed by atoms with Gasteiger partial charge >= 0.3 is 0 Å². The van der Waals surface area contributed by atoms with Crippen LogP contribution in [0, 0.1) is 6.42 Å². The molecule has 0 heterocycles. The Morgan fingerprint density at radius 2 is 2.33 bits per heavy atom. The summed E-state index contributed by atoms with van der Waals surface area (Å²) in [5.74, 6) is 0. The number of hydrogen-bond acceptors (Lipinski definition) is 2. The minimum Gasteiger partial charge on any atom is -0.411 e. The van der Waals surface area contributed by atoms with Gasteiger partial charge in [0.1, 0.15) is 0 Å². The molecule has 0 fully saturated rings. The van der Waals surface area contributed by atoms with Crippen LogP contribution in [0.25, 0.3) is 0 Å². The van der Waals surface area contributed by atoms with Crippen LogP contribution in [0.1, 0.15) is 6.92 Å². The molecule has 0 bridgehead atoms. The normalized spacial score (nSPS) is 18.3. The zero-order valence-corrected chi connectivity index (χ0v) is 5.20. The van der Waals surface area contributed by atoms with Gasteiger partial charge < -0.3 is 5.21 Å². The summed E-state index contributed by atoms with van der Waals surface area (Å²) in [7, 11) is 0. The molecule has 1 radical (unpaired) electrons. The lowest BCUT2D eigenvalue weighted by molar-refractivity contribution is 0.319. The average molecular weight is 122 g/mol. The van der Waals surface area contributed by atoms with Crippen LogP contribution in [0.2, 0.25) is 0 Å². The zero-order chi connectivity index (χ0) is 6.69. The molecule has 0 aromatic heterocycles.